The van der Waals surface area contributed by atoms with E-state index in [2.05, 4.69) is 4.99 Å². The minimum Gasteiger partial charge on any atom is -0.496 e. The minimum absolute atomic E-state index is 0.0384. The van der Waals surface area contributed by atoms with E-state index < -0.39 is 18.2 Å². The molecule has 0 amide bonds. The Hall–Kier alpha value is -1.76. The quantitative estimate of drug-likeness (QED) is 0.637. The number of ether oxygens (including phenoxy) is 1. The van der Waals surface area contributed by atoms with Crippen LogP contribution in [0.3, 0.4) is 0 Å². The van der Waals surface area contributed by atoms with Crippen molar-refractivity contribution >= 4 is 12.0 Å². The molecule has 0 radical (unpaired) electrons. The second kappa shape index (κ2) is 7.21. The average Bonchev–Trinajstić information content (AvgIpc) is 2.50. The van der Waals surface area contributed by atoms with Gasteiger partial charge in [0.1, 0.15) is 5.75 Å². The van der Waals surface area contributed by atoms with Crippen molar-refractivity contribution in [3.05, 3.63) is 23.3 Å². The van der Waals surface area contributed by atoms with Gasteiger partial charge in [0.05, 0.1) is 19.1 Å². The molecule has 1 aromatic carbocycles. The largest absolute Gasteiger partial charge is 0.496 e. The van der Waals surface area contributed by atoms with Crippen molar-refractivity contribution in [2.45, 2.75) is 39.0 Å². The summed E-state index contributed by atoms with van der Waals surface area (Å²) in [4.78, 5) is 6.09. The highest BCUT2D eigenvalue weighted by atomic mass is 19.4. The number of halogens is 3. The number of hydrogen-bond acceptors (Lipinski definition) is 3. The molecule has 1 atom stereocenters. The van der Waals surface area contributed by atoms with Gasteiger partial charge in [-0.3, -0.25) is 0 Å². The fourth-order valence-corrected chi connectivity index (χ4v) is 2.09. The van der Waals surface area contributed by atoms with E-state index in [-0.39, 0.29) is 11.3 Å². The Morgan fingerprint density at radius 1 is 1.30 bits per heavy atom. The molecule has 0 fully saturated rings. The third-order valence-electron chi connectivity index (χ3n) is 3.84. The molecule has 1 rings (SSSR count). The smallest absolute Gasteiger partial charge is 0.421 e. The highest BCUT2D eigenvalue weighted by Gasteiger charge is 2.55. The summed E-state index contributed by atoms with van der Waals surface area (Å²) < 4.78 is 45.0. The van der Waals surface area contributed by atoms with Crippen LogP contribution in [-0.4, -0.2) is 43.2 Å². The molecule has 0 heterocycles. The van der Waals surface area contributed by atoms with Crippen LogP contribution in [-0.2, 0) is 5.60 Å². The minimum atomic E-state index is -4.80. The molecule has 0 aliphatic rings. The lowest BCUT2D eigenvalue weighted by atomic mass is 9.88. The van der Waals surface area contributed by atoms with Crippen LogP contribution in [0.25, 0.3) is 0 Å². The van der Waals surface area contributed by atoms with Gasteiger partial charge in [0.2, 0.25) is 0 Å². The van der Waals surface area contributed by atoms with Crippen LogP contribution in [0.4, 0.5) is 18.9 Å². The summed E-state index contributed by atoms with van der Waals surface area (Å²) in [7, 11) is 3.11. The molecule has 23 heavy (non-hydrogen) atoms. The zero-order valence-corrected chi connectivity index (χ0v) is 14.0. The number of rotatable bonds is 6. The van der Waals surface area contributed by atoms with Crippen molar-refractivity contribution in [3.8, 4) is 5.75 Å². The molecule has 0 aromatic heterocycles. The number of alkyl halides is 3. The maximum atomic E-state index is 13.3. The number of benzene rings is 1. The van der Waals surface area contributed by atoms with Crippen molar-refractivity contribution in [2.24, 2.45) is 4.99 Å². The van der Waals surface area contributed by atoms with E-state index in [1.54, 1.807) is 13.3 Å². The highest BCUT2D eigenvalue weighted by Crippen LogP contribution is 2.46. The molecule has 4 nitrogen and oxygen atoms in total. The first kappa shape index (κ1) is 19.3. The lowest BCUT2D eigenvalue weighted by Gasteiger charge is -2.31. The summed E-state index contributed by atoms with van der Waals surface area (Å²) in [6.07, 6.45) is -3.71. The third kappa shape index (κ3) is 3.96. The van der Waals surface area contributed by atoms with E-state index in [4.69, 9.17) is 4.74 Å². The summed E-state index contributed by atoms with van der Waals surface area (Å²) in [5.74, 6) is -0.0384. The van der Waals surface area contributed by atoms with Crippen LogP contribution in [0, 0.1) is 6.92 Å². The lowest BCUT2D eigenvalue weighted by molar-refractivity contribution is -0.268. The molecule has 0 saturated heterocycles. The number of aliphatic imine (C=N–C) groups is 1. The number of nitrogens with zero attached hydrogens (tertiary/aromatic N) is 2. The number of methoxy groups -OCH3 is 1. The van der Waals surface area contributed by atoms with Crippen LogP contribution in [0.2, 0.25) is 0 Å². The van der Waals surface area contributed by atoms with Gasteiger partial charge in [-0.1, -0.05) is 6.92 Å². The molecule has 0 spiro atoms. The zero-order chi connectivity index (χ0) is 17.8. The summed E-state index contributed by atoms with van der Waals surface area (Å²) in [5, 5.41) is 10.2. The van der Waals surface area contributed by atoms with E-state index in [0.717, 1.165) is 6.54 Å². The van der Waals surface area contributed by atoms with Crippen LogP contribution >= 0.6 is 0 Å². The lowest BCUT2D eigenvalue weighted by Crippen LogP contribution is -2.42. The van der Waals surface area contributed by atoms with Gasteiger partial charge >= 0.3 is 6.18 Å². The molecule has 0 bridgehead atoms. The van der Waals surface area contributed by atoms with Crippen LogP contribution < -0.4 is 4.74 Å². The average molecular weight is 332 g/mol. The summed E-state index contributed by atoms with van der Waals surface area (Å²) in [6.45, 7) is 5.63. The molecule has 1 unspecified atom stereocenters. The molecule has 7 heteroatoms. The standard InChI is InChI=1S/C16H23F3N2O2/c1-6-15(22,16(17,18)19)12-8-11(3)13(9-14(12)23-5)20-10-21(4)7-2/h8-10,22H,6-7H2,1-5H3/b20-10+. The van der Waals surface area contributed by atoms with E-state index in [9.17, 15) is 18.3 Å². The predicted octanol–water partition coefficient (Wildman–Crippen LogP) is 3.78. The molecule has 1 aromatic rings. The first-order valence-corrected chi connectivity index (χ1v) is 7.33. The van der Waals surface area contributed by atoms with Crippen molar-refractivity contribution in [2.75, 3.05) is 20.7 Å². The van der Waals surface area contributed by atoms with Gasteiger partial charge in [-0.25, -0.2) is 4.99 Å². The Labute approximate surface area is 134 Å². The van der Waals surface area contributed by atoms with Gasteiger partial charge in [-0.15, -0.1) is 0 Å². The fraction of sp³-hybridized carbons (Fsp3) is 0.562. The van der Waals surface area contributed by atoms with E-state index in [1.807, 2.05) is 18.9 Å². The number of hydrogen-bond donors (Lipinski definition) is 1. The second-order valence-electron chi connectivity index (χ2n) is 5.37. The number of aryl methyl sites for hydroxylation is 1. The number of aliphatic hydroxyl groups is 1. The second-order valence-corrected chi connectivity index (χ2v) is 5.37. The first-order chi connectivity index (χ1) is 10.6. The third-order valence-corrected chi connectivity index (χ3v) is 3.84. The predicted molar refractivity (Wildman–Crippen MR) is 84.4 cm³/mol. The normalized spacial score (nSPS) is 14.8. The zero-order valence-electron chi connectivity index (χ0n) is 14.0. The Kier molecular flexibility index (Phi) is 6.04. The SMILES string of the molecule is CCN(C)/C=N/c1cc(OC)c(C(O)(CC)C(F)(F)F)cc1C. The van der Waals surface area contributed by atoms with Crippen molar-refractivity contribution in [3.63, 3.8) is 0 Å². The van der Waals surface area contributed by atoms with Crippen LogP contribution in [0.15, 0.2) is 17.1 Å². The van der Waals surface area contributed by atoms with Crippen LogP contribution in [0.5, 0.6) is 5.75 Å². The molecule has 1 N–H and O–H groups in total. The van der Waals surface area contributed by atoms with E-state index >= 15 is 0 Å². The summed E-state index contributed by atoms with van der Waals surface area (Å²) >= 11 is 0. The summed E-state index contributed by atoms with van der Waals surface area (Å²) in [6, 6.07) is 2.70. The topological polar surface area (TPSA) is 45.1 Å². The first-order valence-electron chi connectivity index (χ1n) is 7.33. The van der Waals surface area contributed by atoms with Crippen molar-refractivity contribution in [1.29, 1.82) is 0 Å². The molecule has 0 aliphatic carbocycles. The fourth-order valence-electron chi connectivity index (χ4n) is 2.09. The van der Waals surface area contributed by atoms with Crippen LogP contribution in [0.1, 0.15) is 31.4 Å². The Bertz CT molecular complexity index is 573. The van der Waals surface area contributed by atoms with Gasteiger partial charge in [0, 0.05) is 25.2 Å². The van der Waals surface area contributed by atoms with Gasteiger partial charge in [-0.05, 0) is 31.9 Å². The molecular weight excluding hydrogens is 309 g/mol. The Morgan fingerprint density at radius 2 is 1.91 bits per heavy atom. The Morgan fingerprint density at radius 3 is 2.35 bits per heavy atom. The van der Waals surface area contributed by atoms with Gasteiger partial charge in [0.15, 0.2) is 5.60 Å². The molecule has 130 valence electrons. The van der Waals surface area contributed by atoms with Gasteiger partial charge in [0.25, 0.3) is 0 Å². The maximum Gasteiger partial charge on any atom is 0.421 e. The highest BCUT2D eigenvalue weighted by molar-refractivity contribution is 5.65. The van der Waals surface area contributed by atoms with Gasteiger partial charge < -0.3 is 14.7 Å². The summed E-state index contributed by atoms with van der Waals surface area (Å²) in [5.41, 5.74) is -2.23. The van der Waals surface area contributed by atoms with E-state index in [1.165, 1.54) is 26.2 Å². The monoisotopic (exact) mass is 332 g/mol. The molecule has 0 saturated carbocycles. The van der Waals surface area contributed by atoms with E-state index in [0.29, 0.717) is 11.3 Å². The maximum absolute atomic E-state index is 13.3. The van der Waals surface area contributed by atoms with Crippen molar-refractivity contribution in [1.82, 2.24) is 4.90 Å². The van der Waals surface area contributed by atoms with Crippen molar-refractivity contribution < 1.29 is 23.0 Å². The molecule has 0 aliphatic heterocycles. The van der Waals surface area contributed by atoms with Gasteiger partial charge in [-0.2, -0.15) is 13.2 Å². The molecular formula is C16H23F3N2O2. The Balaban J connectivity index is 3.43.